The van der Waals surface area contributed by atoms with Crippen molar-refractivity contribution in [3.8, 4) is 11.5 Å². The summed E-state index contributed by atoms with van der Waals surface area (Å²) in [6.07, 6.45) is -2.05. The topological polar surface area (TPSA) is 82.4 Å². The van der Waals surface area contributed by atoms with E-state index in [2.05, 4.69) is 0 Å². The molecule has 1 fully saturated rings. The number of nitrogens with zero attached hydrogens (tertiary/aromatic N) is 1. The first-order valence-corrected chi connectivity index (χ1v) is 7.28. The molecule has 0 bridgehead atoms. The molecular weight excluding hydrogens is 274 g/mol. The molecule has 3 N–H and O–H groups in total. The largest absolute Gasteiger partial charge is 0.486 e. The van der Waals surface area contributed by atoms with Gasteiger partial charge in [-0.2, -0.15) is 0 Å². The number of aliphatic hydroxyl groups excluding tert-OH is 3. The van der Waals surface area contributed by atoms with Crippen LogP contribution in [-0.2, 0) is 6.42 Å². The monoisotopic (exact) mass is 295 g/mol. The fourth-order valence-electron chi connectivity index (χ4n) is 2.79. The lowest BCUT2D eigenvalue weighted by Gasteiger charge is -2.36. The predicted octanol–water partition coefficient (Wildman–Crippen LogP) is -0.601. The van der Waals surface area contributed by atoms with Crippen LogP contribution in [0.25, 0.3) is 0 Å². The summed E-state index contributed by atoms with van der Waals surface area (Å²) in [6, 6.07) is 5.88. The Kier molecular flexibility index (Phi) is 4.30. The maximum atomic E-state index is 9.69. The minimum atomic E-state index is -1.05. The zero-order valence-electron chi connectivity index (χ0n) is 11.8. The van der Waals surface area contributed by atoms with Gasteiger partial charge in [-0.15, -0.1) is 0 Å². The van der Waals surface area contributed by atoms with Gasteiger partial charge in [0.2, 0.25) is 0 Å². The van der Waals surface area contributed by atoms with Crippen LogP contribution < -0.4 is 9.47 Å². The number of hydrogen-bond donors (Lipinski definition) is 3. The summed E-state index contributed by atoms with van der Waals surface area (Å²) in [7, 11) is 0. The highest BCUT2D eigenvalue weighted by Crippen LogP contribution is 2.30. The van der Waals surface area contributed by atoms with E-state index < -0.39 is 18.3 Å². The zero-order chi connectivity index (χ0) is 14.8. The van der Waals surface area contributed by atoms with Gasteiger partial charge in [0.05, 0.1) is 12.2 Å². The Morgan fingerprint density at radius 2 is 1.67 bits per heavy atom. The van der Waals surface area contributed by atoms with Crippen molar-refractivity contribution in [2.24, 2.45) is 0 Å². The van der Waals surface area contributed by atoms with Gasteiger partial charge < -0.3 is 24.8 Å². The van der Waals surface area contributed by atoms with E-state index in [1.807, 2.05) is 23.1 Å². The molecule has 0 aliphatic carbocycles. The van der Waals surface area contributed by atoms with Crippen molar-refractivity contribution in [2.75, 3.05) is 32.8 Å². The third-order valence-corrected chi connectivity index (χ3v) is 4.00. The first-order chi connectivity index (χ1) is 10.1. The van der Waals surface area contributed by atoms with Gasteiger partial charge in [0, 0.05) is 19.6 Å². The number of benzene rings is 1. The number of hydrogen-bond acceptors (Lipinski definition) is 6. The van der Waals surface area contributed by atoms with Crippen molar-refractivity contribution in [1.82, 2.24) is 4.90 Å². The van der Waals surface area contributed by atoms with Gasteiger partial charge in [0.15, 0.2) is 11.5 Å². The summed E-state index contributed by atoms with van der Waals surface area (Å²) in [5, 5.41) is 28.9. The molecule has 6 heteroatoms. The van der Waals surface area contributed by atoms with Crippen LogP contribution in [0.15, 0.2) is 18.2 Å². The van der Waals surface area contributed by atoms with Crippen molar-refractivity contribution >= 4 is 0 Å². The molecule has 1 unspecified atom stereocenters. The van der Waals surface area contributed by atoms with Crippen molar-refractivity contribution in [2.45, 2.75) is 24.7 Å². The van der Waals surface area contributed by atoms with E-state index in [-0.39, 0.29) is 0 Å². The Bertz CT molecular complexity index is 483. The van der Waals surface area contributed by atoms with Crippen LogP contribution in [-0.4, -0.2) is 71.4 Å². The van der Waals surface area contributed by atoms with Crippen molar-refractivity contribution in [1.29, 1.82) is 0 Å². The molecule has 6 nitrogen and oxygen atoms in total. The van der Waals surface area contributed by atoms with Crippen LogP contribution in [0.3, 0.4) is 0 Å². The quantitative estimate of drug-likeness (QED) is 0.691. The van der Waals surface area contributed by atoms with E-state index in [1.54, 1.807) is 0 Å². The minimum Gasteiger partial charge on any atom is -0.486 e. The van der Waals surface area contributed by atoms with Gasteiger partial charge in [0.1, 0.15) is 19.3 Å². The second kappa shape index (κ2) is 6.19. The minimum absolute atomic E-state index is 0.378. The zero-order valence-corrected chi connectivity index (χ0v) is 11.8. The molecule has 2 aliphatic rings. The Morgan fingerprint density at radius 3 is 2.38 bits per heavy atom. The summed E-state index contributed by atoms with van der Waals surface area (Å²) in [6.45, 7) is 2.61. The third-order valence-electron chi connectivity index (χ3n) is 4.00. The first kappa shape index (κ1) is 14.6. The maximum absolute atomic E-state index is 9.69. The number of likely N-dealkylation sites (tertiary alicyclic amines) is 1. The third kappa shape index (κ3) is 3.29. The lowest BCUT2D eigenvalue weighted by molar-refractivity contribution is -0.109. The van der Waals surface area contributed by atoms with Gasteiger partial charge in [-0.25, -0.2) is 0 Å². The molecule has 0 spiro atoms. The SMILES string of the molecule is OC1[C@H](O)CN(CCc2ccc3c(c2)OCCO3)C[C@@H]1O. The molecule has 0 saturated carbocycles. The first-order valence-electron chi connectivity index (χ1n) is 7.28. The lowest BCUT2D eigenvalue weighted by Crippen LogP contribution is -2.55. The molecule has 0 aromatic heterocycles. The molecule has 21 heavy (non-hydrogen) atoms. The summed E-state index contributed by atoms with van der Waals surface area (Å²) in [4.78, 5) is 1.96. The fourth-order valence-corrected chi connectivity index (χ4v) is 2.79. The van der Waals surface area contributed by atoms with Crippen LogP contribution in [0.5, 0.6) is 11.5 Å². The standard InChI is InChI=1S/C15H21NO5/c17-11-8-16(9-12(18)15(11)19)4-3-10-1-2-13-14(7-10)21-6-5-20-13/h1-2,7,11-12,15,17-19H,3-6,8-9H2/t11-,12+,15?. The second-order valence-electron chi connectivity index (χ2n) is 5.61. The summed E-state index contributed by atoms with van der Waals surface area (Å²) in [5.41, 5.74) is 1.12. The summed E-state index contributed by atoms with van der Waals surface area (Å²) < 4.78 is 11.0. The molecule has 1 aromatic rings. The number of ether oxygens (including phenoxy) is 2. The van der Waals surface area contributed by atoms with E-state index >= 15 is 0 Å². The molecule has 0 radical (unpaired) electrons. The Labute approximate surface area is 123 Å². The van der Waals surface area contributed by atoms with E-state index in [4.69, 9.17) is 9.47 Å². The normalized spacial score (nSPS) is 29.4. The van der Waals surface area contributed by atoms with E-state index in [9.17, 15) is 15.3 Å². The van der Waals surface area contributed by atoms with Crippen molar-refractivity contribution in [3.05, 3.63) is 23.8 Å². The smallest absolute Gasteiger partial charge is 0.161 e. The van der Waals surface area contributed by atoms with E-state index in [0.717, 1.165) is 23.5 Å². The number of piperidine rings is 1. The van der Waals surface area contributed by atoms with E-state index in [1.165, 1.54) is 0 Å². The number of β-amino-alcohol motifs (C(OH)–C–C–N with tert-alkyl or cyclic N) is 2. The molecular formula is C15H21NO5. The van der Waals surface area contributed by atoms with Crippen LogP contribution in [0.4, 0.5) is 0 Å². The van der Waals surface area contributed by atoms with Crippen LogP contribution in [0.2, 0.25) is 0 Å². The summed E-state index contributed by atoms with van der Waals surface area (Å²) in [5.74, 6) is 1.55. The molecule has 3 atom stereocenters. The Morgan fingerprint density at radius 1 is 1.00 bits per heavy atom. The average Bonchev–Trinajstić information content (AvgIpc) is 2.50. The average molecular weight is 295 g/mol. The van der Waals surface area contributed by atoms with Crippen molar-refractivity contribution < 1.29 is 24.8 Å². The molecule has 1 aromatic carbocycles. The highest BCUT2D eigenvalue weighted by molar-refractivity contribution is 5.43. The predicted molar refractivity (Wildman–Crippen MR) is 75.6 cm³/mol. The molecule has 1 saturated heterocycles. The molecule has 3 rings (SSSR count). The lowest BCUT2D eigenvalue weighted by atomic mass is 10.0. The van der Waals surface area contributed by atoms with Crippen molar-refractivity contribution in [3.63, 3.8) is 0 Å². The van der Waals surface area contributed by atoms with Gasteiger partial charge in [0.25, 0.3) is 0 Å². The van der Waals surface area contributed by atoms with Gasteiger partial charge in [-0.05, 0) is 24.1 Å². The Balaban J connectivity index is 1.58. The number of aliphatic hydroxyl groups is 3. The highest BCUT2D eigenvalue weighted by atomic mass is 16.6. The fraction of sp³-hybridized carbons (Fsp3) is 0.600. The molecule has 2 heterocycles. The maximum Gasteiger partial charge on any atom is 0.161 e. The van der Waals surface area contributed by atoms with Crippen LogP contribution in [0, 0.1) is 0 Å². The molecule has 116 valence electrons. The second-order valence-corrected chi connectivity index (χ2v) is 5.61. The van der Waals surface area contributed by atoms with Crippen LogP contribution >= 0.6 is 0 Å². The molecule has 2 aliphatic heterocycles. The molecule has 0 amide bonds. The highest BCUT2D eigenvalue weighted by Gasteiger charge is 2.32. The van der Waals surface area contributed by atoms with E-state index in [0.29, 0.717) is 32.8 Å². The van der Waals surface area contributed by atoms with Crippen LogP contribution in [0.1, 0.15) is 5.56 Å². The number of rotatable bonds is 3. The van der Waals surface area contributed by atoms with Gasteiger partial charge >= 0.3 is 0 Å². The summed E-state index contributed by atoms with van der Waals surface area (Å²) >= 11 is 0. The number of fused-ring (bicyclic) bond motifs is 1. The Hall–Kier alpha value is -1.34. The van der Waals surface area contributed by atoms with Gasteiger partial charge in [-0.3, -0.25) is 4.90 Å². The van der Waals surface area contributed by atoms with Gasteiger partial charge in [-0.1, -0.05) is 6.07 Å².